The monoisotopic (exact) mass is 322 g/mol. The van der Waals surface area contributed by atoms with Crippen LogP contribution in [0.15, 0.2) is 33.7 Å². The van der Waals surface area contributed by atoms with Crippen LogP contribution in [0.5, 0.6) is 0 Å². The average molecular weight is 324 g/mol. The largest absolute Gasteiger partial charge is 0.0843 e. The molecule has 1 aromatic rings. The van der Waals surface area contributed by atoms with Crippen molar-refractivity contribution in [2.24, 2.45) is 0 Å². The van der Waals surface area contributed by atoms with Gasteiger partial charge in [0.2, 0.25) is 0 Å². The molecule has 0 saturated carbocycles. The minimum Gasteiger partial charge on any atom is -0.0843 e. The summed E-state index contributed by atoms with van der Waals surface area (Å²) in [6.07, 6.45) is 4.11. The quantitative estimate of drug-likeness (QED) is 0.741. The van der Waals surface area contributed by atoms with Crippen molar-refractivity contribution in [3.8, 4) is 0 Å². The minimum atomic E-state index is 0.805. The summed E-state index contributed by atoms with van der Waals surface area (Å²) in [5.74, 6) is 0. The topological polar surface area (TPSA) is 0 Å². The second kappa shape index (κ2) is 5.84. The van der Waals surface area contributed by atoms with Gasteiger partial charge in [-0.25, -0.2) is 0 Å². The lowest BCUT2D eigenvalue weighted by Gasteiger charge is -1.98. The summed E-state index contributed by atoms with van der Waals surface area (Å²) in [6, 6.07) is 7.95. The standard InChI is InChI=1S/C10H9Br2Cl/c11-10(12)6-2-4-8-3-1-5-9(13)7-8/h1,3,5-7H,2,4H2. The van der Waals surface area contributed by atoms with E-state index in [1.165, 1.54) is 5.56 Å². The first kappa shape index (κ1) is 11.3. The van der Waals surface area contributed by atoms with E-state index >= 15 is 0 Å². The Morgan fingerprint density at radius 3 is 2.77 bits per heavy atom. The maximum Gasteiger partial charge on any atom is 0.0564 e. The van der Waals surface area contributed by atoms with Crippen molar-refractivity contribution in [3.63, 3.8) is 0 Å². The van der Waals surface area contributed by atoms with Gasteiger partial charge >= 0.3 is 0 Å². The number of hydrogen-bond donors (Lipinski definition) is 0. The van der Waals surface area contributed by atoms with Gasteiger partial charge in [-0.1, -0.05) is 29.8 Å². The van der Waals surface area contributed by atoms with Crippen LogP contribution < -0.4 is 0 Å². The van der Waals surface area contributed by atoms with Crippen LogP contribution in [-0.2, 0) is 6.42 Å². The molecule has 0 atom stereocenters. The van der Waals surface area contributed by atoms with Gasteiger partial charge in [0.1, 0.15) is 0 Å². The molecule has 0 bridgehead atoms. The Morgan fingerprint density at radius 1 is 1.38 bits per heavy atom. The molecule has 70 valence electrons. The van der Waals surface area contributed by atoms with Gasteiger partial charge in [-0.15, -0.1) is 0 Å². The zero-order valence-corrected chi connectivity index (χ0v) is 10.9. The van der Waals surface area contributed by atoms with Crippen molar-refractivity contribution in [3.05, 3.63) is 44.3 Å². The van der Waals surface area contributed by atoms with Crippen LogP contribution in [0, 0.1) is 0 Å². The van der Waals surface area contributed by atoms with E-state index in [1.54, 1.807) is 0 Å². The maximum atomic E-state index is 5.85. The third kappa shape index (κ3) is 4.84. The summed E-state index contributed by atoms with van der Waals surface area (Å²) < 4.78 is 1.00. The Morgan fingerprint density at radius 2 is 2.15 bits per heavy atom. The molecule has 0 nitrogen and oxygen atoms in total. The summed E-state index contributed by atoms with van der Waals surface area (Å²) in [5.41, 5.74) is 1.27. The molecule has 0 aliphatic rings. The van der Waals surface area contributed by atoms with Crippen molar-refractivity contribution in [1.82, 2.24) is 0 Å². The summed E-state index contributed by atoms with van der Waals surface area (Å²) in [6.45, 7) is 0. The van der Waals surface area contributed by atoms with E-state index in [2.05, 4.69) is 44.0 Å². The van der Waals surface area contributed by atoms with Crippen LogP contribution in [-0.4, -0.2) is 0 Å². The Kier molecular flexibility index (Phi) is 5.07. The first-order valence-corrected chi connectivity index (χ1v) is 5.90. The van der Waals surface area contributed by atoms with Crippen LogP contribution in [0.25, 0.3) is 0 Å². The lowest BCUT2D eigenvalue weighted by molar-refractivity contribution is 1.00. The molecule has 0 spiro atoms. The van der Waals surface area contributed by atoms with E-state index in [9.17, 15) is 0 Å². The van der Waals surface area contributed by atoms with Gasteiger partial charge in [-0.05, 0) is 62.4 Å². The predicted molar refractivity (Wildman–Crippen MR) is 65.7 cm³/mol. The van der Waals surface area contributed by atoms with Gasteiger partial charge in [-0.2, -0.15) is 0 Å². The van der Waals surface area contributed by atoms with E-state index in [0.717, 1.165) is 21.3 Å². The average Bonchev–Trinajstić information content (AvgIpc) is 2.03. The number of aryl methyl sites for hydroxylation is 1. The summed E-state index contributed by atoms with van der Waals surface area (Å²) in [4.78, 5) is 0. The molecule has 0 saturated heterocycles. The highest BCUT2D eigenvalue weighted by molar-refractivity contribution is 9.28. The SMILES string of the molecule is Clc1cccc(CCC=C(Br)Br)c1. The Balaban J connectivity index is 2.50. The Hall–Kier alpha value is 0.210. The molecule has 0 heterocycles. The van der Waals surface area contributed by atoms with Crippen LogP contribution >= 0.6 is 43.5 Å². The van der Waals surface area contributed by atoms with Crippen molar-refractivity contribution >= 4 is 43.5 Å². The second-order valence-electron chi connectivity index (χ2n) is 2.66. The van der Waals surface area contributed by atoms with Crippen molar-refractivity contribution in [2.75, 3.05) is 0 Å². The molecule has 1 aromatic carbocycles. The van der Waals surface area contributed by atoms with Gasteiger partial charge in [0.15, 0.2) is 0 Å². The third-order valence-corrected chi connectivity index (χ3v) is 2.50. The van der Waals surface area contributed by atoms with Crippen LogP contribution in [0.4, 0.5) is 0 Å². The maximum absolute atomic E-state index is 5.85. The summed E-state index contributed by atoms with van der Waals surface area (Å²) >= 11 is 12.5. The zero-order valence-electron chi connectivity index (χ0n) is 6.93. The molecule has 0 aliphatic heterocycles. The van der Waals surface area contributed by atoms with Gasteiger partial charge in [-0.3, -0.25) is 0 Å². The Labute approximate surface area is 100 Å². The third-order valence-electron chi connectivity index (χ3n) is 1.62. The van der Waals surface area contributed by atoms with Gasteiger partial charge in [0.05, 0.1) is 3.39 Å². The molecular weight excluding hydrogens is 315 g/mol. The predicted octanol–water partition coefficient (Wildman–Crippen LogP) is 4.90. The molecular formula is C10H9Br2Cl. The fourth-order valence-electron chi connectivity index (χ4n) is 1.04. The number of hydrogen-bond acceptors (Lipinski definition) is 0. The summed E-state index contributed by atoms with van der Waals surface area (Å²) in [5, 5.41) is 0.805. The molecule has 0 fully saturated rings. The van der Waals surface area contributed by atoms with Gasteiger partial charge in [0, 0.05) is 5.02 Å². The van der Waals surface area contributed by atoms with E-state index in [0.29, 0.717) is 0 Å². The van der Waals surface area contributed by atoms with Crippen molar-refractivity contribution < 1.29 is 0 Å². The molecule has 0 aliphatic carbocycles. The number of rotatable bonds is 3. The second-order valence-corrected chi connectivity index (χ2v) is 5.87. The Bertz CT molecular complexity index is 304. The first-order valence-electron chi connectivity index (χ1n) is 3.94. The number of benzene rings is 1. The smallest absolute Gasteiger partial charge is 0.0564 e. The molecule has 1 rings (SSSR count). The highest BCUT2D eigenvalue weighted by Crippen LogP contribution is 2.16. The lowest BCUT2D eigenvalue weighted by atomic mass is 10.1. The van der Waals surface area contributed by atoms with Crippen molar-refractivity contribution in [2.45, 2.75) is 12.8 Å². The molecule has 13 heavy (non-hydrogen) atoms. The normalized spacial score (nSPS) is 9.77. The number of halogens is 3. The van der Waals surface area contributed by atoms with Crippen LogP contribution in [0.2, 0.25) is 5.02 Å². The van der Waals surface area contributed by atoms with Gasteiger partial charge < -0.3 is 0 Å². The molecule has 0 unspecified atom stereocenters. The van der Waals surface area contributed by atoms with Gasteiger partial charge in [0.25, 0.3) is 0 Å². The molecule has 0 amide bonds. The van der Waals surface area contributed by atoms with Crippen LogP contribution in [0.3, 0.4) is 0 Å². The minimum absolute atomic E-state index is 0.805. The molecule has 3 heteroatoms. The zero-order chi connectivity index (χ0) is 9.68. The summed E-state index contributed by atoms with van der Waals surface area (Å²) in [7, 11) is 0. The highest BCUT2D eigenvalue weighted by Gasteiger charge is 1.92. The fraction of sp³-hybridized carbons (Fsp3) is 0.200. The fourth-order valence-corrected chi connectivity index (χ4v) is 1.71. The van der Waals surface area contributed by atoms with E-state index in [-0.39, 0.29) is 0 Å². The first-order chi connectivity index (χ1) is 6.18. The molecule has 0 N–H and O–H groups in total. The van der Waals surface area contributed by atoms with E-state index in [4.69, 9.17) is 11.6 Å². The van der Waals surface area contributed by atoms with E-state index in [1.807, 2.05) is 18.2 Å². The lowest BCUT2D eigenvalue weighted by Crippen LogP contribution is -1.82. The highest BCUT2D eigenvalue weighted by atomic mass is 79.9. The van der Waals surface area contributed by atoms with Crippen molar-refractivity contribution in [1.29, 1.82) is 0 Å². The number of allylic oxidation sites excluding steroid dienone is 1. The van der Waals surface area contributed by atoms with E-state index < -0.39 is 0 Å². The van der Waals surface area contributed by atoms with Crippen LogP contribution in [0.1, 0.15) is 12.0 Å². The molecule has 0 radical (unpaired) electrons. The molecule has 0 aromatic heterocycles.